The predicted octanol–water partition coefficient (Wildman–Crippen LogP) is 4.14. The van der Waals surface area contributed by atoms with Crippen molar-refractivity contribution in [3.63, 3.8) is 0 Å². The van der Waals surface area contributed by atoms with Gasteiger partial charge in [0.15, 0.2) is 6.61 Å². The van der Waals surface area contributed by atoms with Crippen LogP contribution in [0.4, 0.5) is 15.8 Å². The number of nitrogens with one attached hydrogen (secondary N) is 1. The highest BCUT2D eigenvalue weighted by molar-refractivity contribution is 6.05. The van der Waals surface area contributed by atoms with E-state index in [0.717, 1.165) is 23.8 Å². The number of hydrogen-bond donors (Lipinski definition) is 1. The lowest BCUT2D eigenvalue weighted by atomic mass is 10.0. The Morgan fingerprint density at radius 3 is 2.58 bits per heavy atom. The molecule has 1 amide bonds. The molecule has 2 aromatic heterocycles. The molecule has 0 atom stereocenters. The summed E-state index contributed by atoms with van der Waals surface area (Å²) in [6.45, 7) is -0.720. The molecule has 0 spiro atoms. The molecule has 0 bridgehead atoms. The smallest absolute Gasteiger partial charge is 0.339 e. The van der Waals surface area contributed by atoms with Crippen LogP contribution in [0.15, 0.2) is 73.1 Å². The van der Waals surface area contributed by atoms with Gasteiger partial charge in [-0.1, -0.05) is 18.2 Å². The largest absolute Gasteiger partial charge is 0.452 e. The zero-order valence-electron chi connectivity index (χ0n) is 16.9. The van der Waals surface area contributed by atoms with Crippen molar-refractivity contribution in [3.05, 3.63) is 94.6 Å². The van der Waals surface area contributed by atoms with Gasteiger partial charge in [0.1, 0.15) is 5.82 Å². The van der Waals surface area contributed by atoms with Crippen molar-refractivity contribution in [3.8, 4) is 11.3 Å². The van der Waals surface area contributed by atoms with Gasteiger partial charge in [0.25, 0.3) is 11.6 Å². The van der Waals surface area contributed by atoms with Crippen LogP contribution in [0, 0.1) is 15.9 Å². The van der Waals surface area contributed by atoms with E-state index in [2.05, 4.69) is 15.3 Å². The molecule has 33 heavy (non-hydrogen) atoms. The average Bonchev–Trinajstić information content (AvgIpc) is 2.83. The molecule has 0 fully saturated rings. The third-order valence-corrected chi connectivity index (χ3v) is 4.68. The number of fused-ring (bicyclic) bond motifs is 1. The second-order valence-corrected chi connectivity index (χ2v) is 6.85. The Kier molecular flexibility index (Phi) is 5.98. The summed E-state index contributed by atoms with van der Waals surface area (Å²) in [5, 5.41) is 13.6. The first-order valence-corrected chi connectivity index (χ1v) is 9.63. The van der Waals surface area contributed by atoms with Crippen LogP contribution in [0.3, 0.4) is 0 Å². The van der Waals surface area contributed by atoms with Gasteiger partial charge in [-0.25, -0.2) is 14.2 Å². The SMILES string of the molecule is O=C(COC(=O)c1cc(-c2ccncc2)nc2ccccc12)Nc1cc([N+](=O)[O-])ccc1F. The number of aromatic nitrogens is 2. The average molecular weight is 446 g/mol. The third kappa shape index (κ3) is 4.79. The summed E-state index contributed by atoms with van der Waals surface area (Å²) in [6.07, 6.45) is 3.20. The van der Waals surface area contributed by atoms with Crippen molar-refractivity contribution in [2.75, 3.05) is 11.9 Å². The van der Waals surface area contributed by atoms with E-state index in [1.54, 1.807) is 54.9 Å². The number of anilines is 1. The van der Waals surface area contributed by atoms with Crippen LogP contribution in [0.1, 0.15) is 10.4 Å². The highest BCUT2D eigenvalue weighted by Crippen LogP contribution is 2.25. The Hall–Kier alpha value is -4.73. The first kappa shape index (κ1) is 21.5. The molecular formula is C23H15FN4O5. The monoisotopic (exact) mass is 446 g/mol. The van der Waals surface area contributed by atoms with E-state index in [4.69, 9.17) is 4.74 Å². The van der Waals surface area contributed by atoms with E-state index in [0.29, 0.717) is 16.6 Å². The summed E-state index contributed by atoms with van der Waals surface area (Å²) in [5.74, 6) is -2.49. The molecule has 10 heteroatoms. The maximum atomic E-state index is 13.9. The molecule has 164 valence electrons. The van der Waals surface area contributed by atoms with Gasteiger partial charge in [-0.15, -0.1) is 0 Å². The van der Waals surface area contributed by atoms with Crippen molar-refractivity contribution in [1.29, 1.82) is 0 Å². The third-order valence-electron chi connectivity index (χ3n) is 4.68. The molecule has 0 aliphatic heterocycles. The molecule has 0 radical (unpaired) electrons. The van der Waals surface area contributed by atoms with Gasteiger partial charge in [-0.3, -0.25) is 19.9 Å². The van der Waals surface area contributed by atoms with Crippen LogP contribution in [0.25, 0.3) is 22.2 Å². The van der Waals surface area contributed by atoms with Crippen LogP contribution in [-0.4, -0.2) is 33.4 Å². The minimum absolute atomic E-state index is 0.196. The van der Waals surface area contributed by atoms with Crippen molar-refractivity contribution < 1.29 is 23.6 Å². The summed E-state index contributed by atoms with van der Waals surface area (Å²) in [5.41, 5.74) is 1.23. The minimum atomic E-state index is -0.859. The molecule has 0 aliphatic carbocycles. The van der Waals surface area contributed by atoms with E-state index in [1.165, 1.54) is 0 Å². The lowest BCUT2D eigenvalue weighted by Gasteiger charge is -2.10. The fraction of sp³-hybridized carbons (Fsp3) is 0.0435. The maximum absolute atomic E-state index is 13.9. The second kappa shape index (κ2) is 9.18. The molecule has 0 unspecified atom stereocenters. The van der Waals surface area contributed by atoms with E-state index in [1.807, 2.05) is 0 Å². The molecular weight excluding hydrogens is 431 g/mol. The Bertz CT molecular complexity index is 1380. The standard InChI is InChI=1S/C23H15FN4O5/c24-18-6-5-15(28(31)32)11-21(18)27-22(29)13-33-23(30)17-12-20(14-7-9-25-10-8-14)26-19-4-2-1-3-16(17)19/h1-12H,13H2,(H,27,29). The maximum Gasteiger partial charge on any atom is 0.339 e. The van der Waals surface area contributed by atoms with Crippen molar-refractivity contribution >= 4 is 34.2 Å². The zero-order chi connectivity index (χ0) is 23.4. The Morgan fingerprint density at radius 2 is 1.82 bits per heavy atom. The lowest BCUT2D eigenvalue weighted by molar-refractivity contribution is -0.384. The number of non-ortho nitro benzene ring substituents is 1. The van der Waals surface area contributed by atoms with Gasteiger partial charge in [0.05, 0.1) is 27.4 Å². The van der Waals surface area contributed by atoms with Crippen LogP contribution in [-0.2, 0) is 9.53 Å². The minimum Gasteiger partial charge on any atom is -0.452 e. The fourth-order valence-electron chi connectivity index (χ4n) is 3.13. The van der Waals surface area contributed by atoms with Crippen LogP contribution in [0.5, 0.6) is 0 Å². The van der Waals surface area contributed by atoms with Gasteiger partial charge < -0.3 is 10.1 Å². The van der Waals surface area contributed by atoms with Gasteiger partial charge in [-0.2, -0.15) is 0 Å². The first-order valence-electron chi connectivity index (χ1n) is 9.63. The molecule has 4 rings (SSSR count). The van der Waals surface area contributed by atoms with E-state index in [-0.39, 0.29) is 11.3 Å². The quantitative estimate of drug-likeness (QED) is 0.268. The summed E-state index contributed by atoms with van der Waals surface area (Å²) in [7, 11) is 0. The van der Waals surface area contributed by atoms with Crippen LogP contribution in [0.2, 0.25) is 0 Å². The summed E-state index contributed by atoms with van der Waals surface area (Å²) < 4.78 is 19.0. The van der Waals surface area contributed by atoms with Gasteiger partial charge in [0, 0.05) is 35.5 Å². The number of amides is 1. The topological polar surface area (TPSA) is 124 Å². The van der Waals surface area contributed by atoms with Crippen molar-refractivity contribution in [2.45, 2.75) is 0 Å². The highest BCUT2D eigenvalue weighted by atomic mass is 19.1. The molecule has 0 saturated heterocycles. The number of carbonyl (C=O) groups is 2. The molecule has 4 aromatic rings. The zero-order valence-corrected chi connectivity index (χ0v) is 16.9. The molecule has 1 N–H and O–H groups in total. The number of rotatable bonds is 6. The van der Waals surface area contributed by atoms with Crippen molar-refractivity contribution in [1.82, 2.24) is 9.97 Å². The number of benzene rings is 2. The Morgan fingerprint density at radius 1 is 1.06 bits per heavy atom. The number of pyridine rings is 2. The summed E-state index contributed by atoms with van der Waals surface area (Å²) in [4.78, 5) is 43.7. The van der Waals surface area contributed by atoms with E-state index < -0.39 is 34.9 Å². The van der Waals surface area contributed by atoms with E-state index >= 15 is 0 Å². The Balaban J connectivity index is 1.54. The number of ether oxygens (including phenoxy) is 1. The number of hydrogen-bond acceptors (Lipinski definition) is 7. The lowest BCUT2D eigenvalue weighted by Crippen LogP contribution is -2.21. The normalized spacial score (nSPS) is 10.6. The molecule has 0 saturated carbocycles. The number of halogens is 1. The highest BCUT2D eigenvalue weighted by Gasteiger charge is 2.18. The predicted molar refractivity (Wildman–Crippen MR) is 117 cm³/mol. The number of para-hydroxylation sites is 1. The fourth-order valence-corrected chi connectivity index (χ4v) is 3.13. The Labute approximate surface area is 186 Å². The number of nitro groups is 1. The van der Waals surface area contributed by atoms with Gasteiger partial charge in [-0.05, 0) is 30.3 Å². The summed E-state index contributed by atoms with van der Waals surface area (Å²) >= 11 is 0. The van der Waals surface area contributed by atoms with Gasteiger partial charge >= 0.3 is 5.97 Å². The van der Waals surface area contributed by atoms with Crippen LogP contribution < -0.4 is 5.32 Å². The number of carbonyl (C=O) groups excluding carboxylic acids is 2. The molecule has 2 aromatic carbocycles. The second-order valence-electron chi connectivity index (χ2n) is 6.85. The summed E-state index contributed by atoms with van der Waals surface area (Å²) in [6, 6.07) is 14.7. The number of nitrogens with zero attached hydrogens (tertiary/aromatic N) is 3. The molecule has 2 heterocycles. The van der Waals surface area contributed by atoms with Crippen molar-refractivity contribution in [2.24, 2.45) is 0 Å². The van der Waals surface area contributed by atoms with Crippen LogP contribution >= 0.6 is 0 Å². The van der Waals surface area contributed by atoms with E-state index in [9.17, 15) is 24.1 Å². The first-order chi connectivity index (χ1) is 15.9. The number of nitro benzene ring substituents is 1. The molecule has 0 aliphatic rings. The number of esters is 1. The molecule has 9 nitrogen and oxygen atoms in total. The van der Waals surface area contributed by atoms with Gasteiger partial charge in [0.2, 0.25) is 0 Å².